The average Bonchev–Trinajstić information content (AvgIpc) is 2.93. The number of urea groups is 1. The van der Waals surface area contributed by atoms with Gasteiger partial charge in [0.05, 0.1) is 17.8 Å². The van der Waals surface area contributed by atoms with E-state index >= 15 is 0 Å². The second kappa shape index (κ2) is 10.7. The van der Waals surface area contributed by atoms with Gasteiger partial charge in [-0.25, -0.2) is 9.18 Å². The molecule has 2 atom stereocenters. The van der Waals surface area contributed by atoms with Crippen LogP contribution in [0.3, 0.4) is 0 Å². The molecule has 0 saturated carbocycles. The first-order chi connectivity index (χ1) is 18.4. The Morgan fingerprint density at radius 3 is 2.11 bits per heavy atom. The lowest BCUT2D eigenvalue weighted by molar-refractivity contribution is -0.140. The van der Waals surface area contributed by atoms with Crippen molar-refractivity contribution < 1.29 is 28.7 Å². The molecule has 0 fully saturated rings. The third-order valence-electron chi connectivity index (χ3n) is 6.64. The number of Topliss-reactive ketones (excluding diaryl/α,β-unsaturated/α-hetero) is 1. The maximum Gasteiger partial charge on any atom is 0.330 e. The number of amides is 3. The number of nitrogens with one attached hydrogen (secondary N) is 1. The van der Waals surface area contributed by atoms with Crippen molar-refractivity contribution in [2.45, 2.75) is 41.3 Å². The first-order valence-electron chi connectivity index (χ1n) is 12.0. The number of hydrogen-bond acceptors (Lipinski definition) is 5. The Bertz CT molecular complexity index is 1390. The van der Waals surface area contributed by atoms with E-state index in [0.717, 1.165) is 20.9 Å². The number of carbonyl (C=O) groups is 4. The summed E-state index contributed by atoms with van der Waals surface area (Å²) in [5.41, 5.74) is 3.09. The van der Waals surface area contributed by atoms with Gasteiger partial charge in [0.2, 0.25) is 5.91 Å². The Morgan fingerprint density at radius 2 is 1.50 bits per heavy atom. The second-order valence-electron chi connectivity index (χ2n) is 9.03. The van der Waals surface area contributed by atoms with Crippen LogP contribution in [-0.4, -0.2) is 52.5 Å². The molecule has 2 unspecified atom stereocenters. The van der Waals surface area contributed by atoms with Gasteiger partial charge in [0.1, 0.15) is 18.8 Å². The lowest BCUT2D eigenvalue weighted by atomic mass is 9.93. The molecule has 3 amide bonds. The molecule has 0 aliphatic carbocycles. The molecule has 3 aromatic carbocycles. The lowest BCUT2D eigenvalue weighted by Gasteiger charge is -2.41. The van der Waals surface area contributed by atoms with Crippen molar-refractivity contribution in [3.8, 4) is 0 Å². The van der Waals surface area contributed by atoms with Crippen LogP contribution in [0.25, 0.3) is 0 Å². The van der Waals surface area contributed by atoms with Crippen LogP contribution in [0.4, 0.5) is 20.6 Å². The van der Waals surface area contributed by atoms with Crippen LogP contribution in [0.2, 0.25) is 0 Å². The minimum atomic E-state index is -1.54. The van der Waals surface area contributed by atoms with E-state index in [4.69, 9.17) is 0 Å². The molecular formula is C28H24FN3O5S. The molecule has 2 N–H and O–H groups in total. The van der Waals surface area contributed by atoms with Crippen molar-refractivity contribution in [3.05, 3.63) is 83.9 Å². The number of carboxylic acid groups (broad SMARTS) is 1. The fourth-order valence-electron chi connectivity index (χ4n) is 4.78. The van der Waals surface area contributed by atoms with Crippen LogP contribution < -0.4 is 10.2 Å². The van der Waals surface area contributed by atoms with Crippen LogP contribution in [-0.2, 0) is 27.3 Å². The molecule has 2 aliphatic rings. The van der Waals surface area contributed by atoms with E-state index in [1.807, 2.05) is 72.8 Å². The Balaban J connectivity index is 1.53. The van der Waals surface area contributed by atoms with Crippen LogP contribution >= 0.6 is 11.8 Å². The zero-order chi connectivity index (χ0) is 26.8. The van der Waals surface area contributed by atoms with Gasteiger partial charge in [-0.05, 0) is 35.4 Å². The molecule has 5 rings (SSSR count). The highest BCUT2D eigenvalue weighted by Crippen LogP contribution is 2.48. The van der Waals surface area contributed by atoms with Gasteiger partial charge in [0.25, 0.3) is 0 Å². The first kappa shape index (κ1) is 25.5. The highest BCUT2D eigenvalue weighted by Gasteiger charge is 2.40. The van der Waals surface area contributed by atoms with Gasteiger partial charge < -0.3 is 15.3 Å². The quantitative estimate of drug-likeness (QED) is 0.489. The predicted octanol–water partition coefficient (Wildman–Crippen LogP) is 4.33. The van der Waals surface area contributed by atoms with Crippen LogP contribution in [0.1, 0.15) is 17.5 Å². The highest BCUT2D eigenvalue weighted by molar-refractivity contribution is 7.99. The third kappa shape index (κ3) is 4.87. The summed E-state index contributed by atoms with van der Waals surface area (Å²) in [6.07, 6.45) is -0.598. The van der Waals surface area contributed by atoms with Gasteiger partial charge in [-0.1, -0.05) is 60.3 Å². The van der Waals surface area contributed by atoms with Gasteiger partial charge in [0.15, 0.2) is 5.78 Å². The number of benzene rings is 3. The summed E-state index contributed by atoms with van der Waals surface area (Å²) in [5, 5.41) is 11.6. The molecule has 0 bridgehead atoms. The van der Waals surface area contributed by atoms with Crippen molar-refractivity contribution in [1.82, 2.24) is 10.2 Å². The first-order valence-corrected chi connectivity index (χ1v) is 12.8. The number of halogens is 1. The summed E-state index contributed by atoms with van der Waals surface area (Å²) in [6, 6.07) is 19.4. The van der Waals surface area contributed by atoms with E-state index in [9.17, 15) is 28.7 Å². The SMILES string of the molecule is O=C(O)CC(NC(=O)C1Cc2ccccc2CN1C(=O)N1c2ccccc2Sc2ccccc21)C(=O)CF. The standard InChI is InChI=1S/C28H24FN3O5S/c29-15-23(33)19(14-26(34)35)30-27(36)22-13-17-7-1-2-8-18(17)16-31(22)28(37)32-20-9-3-5-11-24(20)38-25-12-6-4-10-21(25)32/h1-12,19,22H,13-16H2,(H,30,36)(H,34,35). The minimum Gasteiger partial charge on any atom is -0.481 e. The van der Waals surface area contributed by atoms with Gasteiger partial charge in [-0.15, -0.1) is 0 Å². The number of rotatable bonds is 6. The molecule has 10 heteroatoms. The molecule has 2 heterocycles. The van der Waals surface area contributed by atoms with E-state index < -0.39 is 48.9 Å². The van der Waals surface area contributed by atoms with E-state index in [1.165, 1.54) is 4.90 Å². The summed E-state index contributed by atoms with van der Waals surface area (Å²) in [6.45, 7) is -1.28. The molecule has 2 aliphatic heterocycles. The number of carbonyl (C=O) groups excluding carboxylic acids is 3. The molecule has 0 spiro atoms. The molecule has 0 aromatic heterocycles. The van der Waals surface area contributed by atoms with Crippen LogP contribution in [0.5, 0.6) is 0 Å². The monoisotopic (exact) mass is 533 g/mol. The number of hydrogen-bond donors (Lipinski definition) is 2. The van der Waals surface area contributed by atoms with Crippen LogP contribution in [0.15, 0.2) is 82.6 Å². The van der Waals surface area contributed by atoms with Crippen molar-refractivity contribution in [2.75, 3.05) is 11.6 Å². The largest absolute Gasteiger partial charge is 0.481 e. The minimum absolute atomic E-state index is 0.127. The van der Waals surface area contributed by atoms with E-state index in [1.54, 1.807) is 16.7 Å². The number of fused-ring (bicyclic) bond motifs is 3. The number of nitrogens with zero attached hydrogens (tertiary/aromatic N) is 2. The average molecular weight is 534 g/mol. The molecule has 3 aromatic rings. The van der Waals surface area contributed by atoms with Crippen molar-refractivity contribution in [3.63, 3.8) is 0 Å². The van der Waals surface area contributed by atoms with E-state index in [0.29, 0.717) is 11.4 Å². The Kier molecular flexibility index (Phi) is 7.15. The maximum atomic E-state index is 14.3. The number of alkyl halides is 1. The summed E-state index contributed by atoms with van der Waals surface area (Å²) in [4.78, 5) is 55.9. The van der Waals surface area contributed by atoms with Crippen molar-refractivity contribution >= 4 is 46.8 Å². The molecule has 194 valence electrons. The summed E-state index contributed by atoms with van der Waals surface area (Å²) < 4.78 is 13.1. The van der Waals surface area contributed by atoms with E-state index in [2.05, 4.69) is 5.32 Å². The maximum absolute atomic E-state index is 14.3. The smallest absolute Gasteiger partial charge is 0.330 e. The zero-order valence-corrected chi connectivity index (χ0v) is 21.0. The van der Waals surface area contributed by atoms with E-state index in [-0.39, 0.29) is 13.0 Å². The predicted molar refractivity (Wildman–Crippen MR) is 139 cm³/mol. The Morgan fingerprint density at radius 1 is 0.921 bits per heavy atom. The Labute approximate surface area is 222 Å². The lowest BCUT2D eigenvalue weighted by Crippen LogP contribution is -2.58. The Hall–Kier alpha value is -4.18. The van der Waals surface area contributed by atoms with Crippen molar-refractivity contribution in [2.24, 2.45) is 0 Å². The zero-order valence-electron chi connectivity index (χ0n) is 20.2. The summed E-state index contributed by atoms with van der Waals surface area (Å²) in [5.74, 6) is -3.10. The number of ketones is 1. The third-order valence-corrected chi connectivity index (χ3v) is 7.77. The topological polar surface area (TPSA) is 107 Å². The number of anilines is 2. The van der Waals surface area contributed by atoms with Crippen molar-refractivity contribution in [1.29, 1.82) is 0 Å². The summed E-state index contributed by atoms with van der Waals surface area (Å²) >= 11 is 1.55. The number of para-hydroxylation sites is 2. The number of aliphatic carboxylic acids is 1. The van der Waals surface area contributed by atoms with Crippen LogP contribution in [0, 0.1) is 0 Å². The second-order valence-corrected chi connectivity index (χ2v) is 10.1. The number of carboxylic acids is 1. The summed E-state index contributed by atoms with van der Waals surface area (Å²) in [7, 11) is 0. The van der Waals surface area contributed by atoms with Gasteiger partial charge in [-0.3, -0.25) is 19.3 Å². The fraction of sp³-hybridized carbons (Fsp3) is 0.214. The molecule has 0 radical (unpaired) electrons. The highest BCUT2D eigenvalue weighted by atomic mass is 32.2. The molecule has 38 heavy (non-hydrogen) atoms. The molecule has 0 saturated heterocycles. The molecule has 8 nitrogen and oxygen atoms in total. The molecular weight excluding hydrogens is 509 g/mol. The van der Waals surface area contributed by atoms with Gasteiger partial charge >= 0.3 is 12.0 Å². The van der Waals surface area contributed by atoms with Gasteiger partial charge in [-0.2, -0.15) is 0 Å². The van der Waals surface area contributed by atoms with Gasteiger partial charge in [0, 0.05) is 22.8 Å². The normalized spacial score (nSPS) is 16.5. The fourth-order valence-corrected chi connectivity index (χ4v) is 5.84.